The third kappa shape index (κ3) is 3.51. The number of nitrogens with zero attached hydrogens (tertiary/aromatic N) is 1. The maximum atomic E-state index is 5.46. The zero-order valence-corrected chi connectivity index (χ0v) is 10.7. The van der Waals surface area contributed by atoms with Crippen LogP contribution >= 0.6 is 0 Å². The van der Waals surface area contributed by atoms with Gasteiger partial charge in [0, 0.05) is 26.4 Å². The average Bonchev–Trinajstić information content (AvgIpc) is 2.30. The Morgan fingerprint density at radius 2 is 1.94 bits per heavy atom. The van der Waals surface area contributed by atoms with Crippen LogP contribution in [-0.4, -0.2) is 33.5 Å². The lowest BCUT2D eigenvalue weighted by Gasteiger charge is -2.29. The zero-order valence-electron chi connectivity index (χ0n) is 10.7. The number of likely N-dealkylation sites (N-methyl/N-ethyl adjacent to an activating group) is 2. The van der Waals surface area contributed by atoms with E-state index in [1.165, 1.54) is 11.3 Å². The van der Waals surface area contributed by atoms with Crippen LogP contribution in [0.4, 0.5) is 5.69 Å². The number of ether oxygens (including phenoxy) is 1. The molecule has 0 aliphatic heterocycles. The molecule has 0 radical (unpaired) electrons. The molecule has 0 saturated carbocycles. The Bertz CT molecular complexity index is 297. The molecular weight excluding hydrogens is 200 g/mol. The van der Waals surface area contributed by atoms with E-state index in [0.29, 0.717) is 0 Å². The van der Waals surface area contributed by atoms with E-state index < -0.39 is 0 Å². The first-order chi connectivity index (χ1) is 7.69. The fourth-order valence-corrected chi connectivity index (χ4v) is 1.59. The van der Waals surface area contributed by atoms with E-state index in [9.17, 15) is 0 Å². The van der Waals surface area contributed by atoms with Gasteiger partial charge in [-0.15, -0.1) is 0 Å². The topological polar surface area (TPSA) is 24.5 Å². The smallest absolute Gasteiger partial charge is 0.142 e. The summed E-state index contributed by atoms with van der Waals surface area (Å²) in [6.07, 6.45) is 0.0719. The molecule has 0 heterocycles. The monoisotopic (exact) mass is 222 g/mol. The summed E-state index contributed by atoms with van der Waals surface area (Å²) >= 11 is 0. The number of hydrogen-bond acceptors (Lipinski definition) is 3. The molecule has 0 aliphatic rings. The van der Waals surface area contributed by atoms with Crippen LogP contribution in [0.1, 0.15) is 12.5 Å². The molecule has 0 bridgehead atoms. The van der Waals surface area contributed by atoms with Gasteiger partial charge in [0.2, 0.25) is 0 Å². The highest BCUT2D eigenvalue weighted by Gasteiger charge is 2.13. The van der Waals surface area contributed by atoms with Crippen LogP contribution in [0.5, 0.6) is 0 Å². The van der Waals surface area contributed by atoms with Crippen molar-refractivity contribution in [3.8, 4) is 0 Å². The quantitative estimate of drug-likeness (QED) is 0.745. The molecule has 0 amide bonds. The molecule has 0 aromatic heterocycles. The number of anilines is 1. The Hall–Kier alpha value is -1.06. The van der Waals surface area contributed by atoms with Crippen molar-refractivity contribution in [3.63, 3.8) is 0 Å². The Balaban J connectivity index is 2.66. The highest BCUT2D eigenvalue weighted by molar-refractivity contribution is 5.47. The average molecular weight is 222 g/mol. The van der Waals surface area contributed by atoms with Gasteiger partial charge in [0.05, 0.1) is 0 Å². The van der Waals surface area contributed by atoms with Gasteiger partial charge in [0.1, 0.15) is 6.23 Å². The molecule has 0 saturated heterocycles. The minimum Gasteiger partial charge on any atom is -0.360 e. The molecule has 1 unspecified atom stereocenters. The van der Waals surface area contributed by atoms with Crippen LogP contribution in [0.3, 0.4) is 0 Å². The summed E-state index contributed by atoms with van der Waals surface area (Å²) in [7, 11) is 3.79. The van der Waals surface area contributed by atoms with Gasteiger partial charge >= 0.3 is 0 Å². The van der Waals surface area contributed by atoms with Crippen molar-refractivity contribution in [3.05, 3.63) is 29.8 Å². The van der Waals surface area contributed by atoms with Gasteiger partial charge in [-0.1, -0.05) is 24.6 Å². The summed E-state index contributed by atoms with van der Waals surface area (Å²) in [6.45, 7) is 5.98. The molecule has 1 rings (SSSR count). The number of methoxy groups -OCH3 is 1. The molecule has 0 fully saturated rings. The maximum absolute atomic E-state index is 5.46. The molecule has 1 aromatic carbocycles. The molecule has 0 aliphatic carbocycles. The normalized spacial score (nSPS) is 12.5. The van der Waals surface area contributed by atoms with E-state index in [0.717, 1.165) is 13.1 Å². The minimum atomic E-state index is 0.0719. The van der Waals surface area contributed by atoms with Crippen molar-refractivity contribution in [1.82, 2.24) is 5.32 Å². The van der Waals surface area contributed by atoms with Crippen molar-refractivity contribution >= 4 is 5.69 Å². The van der Waals surface area contributed by atoms with Gasteiger partial charge in [-0.3, -0.25) is 0 Å². The molecule has 1 N–H and O–H groups in total. The van der Waals surface area contributed by atoms with Crippen molar-refractivity contribution < 1.29 is 4.74 Å². The molecule has 1 aromatic rings. The Morgan fingerprint density at radius 1 is 1.31 bits per heavy atom. The van der Waals surface area contributed by atoms with E-state index in [4.69, 9.17) is 4.74 Å². The minimum absolute atomic E-state index is 0.0719. The van der Waals surface area contributed by atoms with Crippen molar-refractivity contribution in [2.75, 3.05) is 32.1 Å². The molecule has 3 nitrogen and oxygen atoms in total. The maximum Gasteiger partial charge on any atom is 0.142 e. The third-order valence-electron chi connectivity index (χ3n) is 2.71. The second-order valence-corrected chi connectivity index (χ2v) is 3.94. The van der Waals surface area contributed by atoms with E-state index in [1.54, 1.807) is 7.11 Å². The molecule has 16 heavy (non-hydrogen) atoms. The van der Waals surface area contributed by atoms with Gasteiger partial charge in [-0.2, -0.15) is 0 Å². The SMILES string of the molecule is CCNCC(OC)N(C)c1ccc(C)cc1. The first kappa shape index (κ1) is 13.0. The lowest BCUT2D eigenvalue weighted by molar-refractivity contribution is 0.103. The van der Waals surface area contributed by atoms with Crippen molar-refractivity contribution in [2.24, 2.45) is 0 Å². The zero-order chi connectivity index (χ0) is 12.0. The lowest BCUT2D eigenvalue weighted by atomic mass is 10.2. The number of benzene rings is 1. The highest BCUT2D eigenvalue weighted by atomic mass is 16.5. The molecular formula is C13H22N2O. The van der Waals surface area contributed by atoms with E-state index >= 15 is 0 Å². The second-order valence-electron chi connectivity index (χ2n) is 3.94. The fourth-order valence-electron chi connectivity index (χ4n) is 1.59. The van der Waals surface area contributed by atoms with E-state index in [-0.39, 0.29) is 6.23 Å². The number of nitrogens with one attached hydrogen (secondary N) is 1. The van der Waals surface area contributed by atoms with Crippen molar-refractivity contribution in [2.45, 2.75) is 20.1 Å². The third-order valence-corrected chi connectivity index (χ3v) is 2.71. The first-order valence-corrected chi connectivity index (χ1v) is 5.72. The van der Waals surface area contributed by atoms with Gasteiger partial charge < -0.3 is 15.0 Å². The van der Waals surface area contributed by atoms with Crippen LogP contribution in [0.15, 0.2) is 24.3 Å². The summed E-state index contributed by atoms with van der Waals surface area (Å²) < 4.78 is 5.46. The van der Waals surface area contributed by atoms with Crippen LogP contribution in [-0.2, 0) is 4.74 Å². The fraction of sp³-hybridized carbons (Fsp3) is 0.538. The number of aryl methyl sites for hydroxylation is 1. The Labute approximate surface area is 98.4 Å². The summed E-state index contributed by atoms with van der Waals surface area (Å²) in [5.41, 5.74) is 2.45. The predicted molar refractivity (Wildman–Crippen MR) is 68.9 cm³/mol. The Morgan fingerprint density at radius 3 is 2.44 bits per heavy atom. The van der Waals surface area contributed by atoms with Crippen LogP contribution < -0.4 is 10.2 Å². The Kier molecular flexibility index (Phi) is 5.29. The van der Waals surface area contributed by atoms with Gasteiger partial charge in [0.15, 0.2) is 0 Å². The van der Waals surface area contributed by atoms with Crippen molar-refractivity contribution in [1.29, 1.82) is 0 Å². The molecule has 3 heteroatoms. The van der Waals surface area contributed by atoms with Crippen LogP contribution in [0, 0.1) is 6.92 Å². The second kappa shape index (κ2) is 6.51. The summed E-state index contributed by atoms with van der Waals surface area (Å²) in [5, 5.41) is 3.29. The number of rotatable bonds is 6. The van der Waals surface area contributed by atoms with Gasteiger partial charge in [-0.25, -0.2) is 0 Å². The summed E-state index contributed by atoms with van der Waals surface area (Å²) in [5.74, 6) is 0. The molecule has 0 spiro atoms. The highest BCUT2D eigenvalue weighted by Crippen LogP contribution is 2.15. The number of hydrogen-bond donors (Lipinski definition) is 1. The van der Waals surface area contributed by atoms with Crippen LogP contribution in [0.2, 0.25) is 0 Å². The molecule has 1 atom stereocenters. The van der Waals surface area contributed by atoms with Crippen LogP contribution in [0.25, 0.3) is 0 Å². The standard InChI is InChI=1S/C13H22N2O/c1-5-14-10-13(16-4)15(3)12-8-6-11(2)7-9-12/h6-9,13-14H,5,10H2,1-4H3. The molecule has 90 valence electrons. The first-order valence-electron chi connectivity index (χ1n) is 5.72. The predicted octanol–water partition coefficient (Wildman–Crippen LogP) is 2.01. The largest absolute Gasteiger partial charge is 0.360 e. The van der Waals surface area contributed by atoms with E-state index in [2.05, 4.69) is 55.4 Å². The van der Waals surface area contributed by atoms with Gasteiger partial charge in [0.25, 0.3) is 0 Å². The summed E-state index contributed by atoms with van der Waals surface area (Å²) in [4.78, 5) is 2.14. The summed E-state index contributed by atoms with van der Waals surface area (Å²) in [6, 6.07) is 8.47. The lowest BCUT2D eigenvalue weighted by Crippen LogP contribution is -2.41. The van der Waals surface area contributed by atoms with E-state index in [1.807, 2.05) is 0 Å². The van der Waals surface area contributed by atoms with Gasteiger partial charge in [-0.05, 0) is 25.6 Å².